The lowest BCUT2D eigenvalue weighted by Crippen LogP contribution is -2.34. The van der Waals surface area contributed by atoms with E-state index in [1.54, 1.807) is 6.08 Å². The lowest BCUT2D eigenvalue weighted by atomic mass is 9.84. The first kappa shape index (κ1) is 23.3. The Morgan fingerprint density at radius 1 is 0.833 bits per heavy atom. The van der Waals surface area contributed by atoms with Crippen LogP contribution in [0.3, 0.4) is 0 Å². The van der Waals surface area contributed by atoms with Crippen molar-refractivity contribution >= 4 is 11.9 Å². The molecular formula is C24H38O6. The molecule has 6 heteroatoms. The van der Waals surface area contributed by atoms with Crippen molar-refractivity contribution in [3.63, 3.8) is 0 Å². The Kier molecular flexibility index (Phi) is 9.19. The molecule has 170 valence electrons. The summed E-state index contributed by atoms with van der Waals surface area (Å²) in [6.45, 7) is 4.91. The largest absolute Gasteiger partial charge is 0.463 e. The molecule has 0 spiro atoms. The summed E-state index contributed by atoms with van der Waals surface area (Å²) in [5, 5.41) is 0. The second-order valence-electron chi connectivity index (χ2n) is 8.82. The highest BCUT2D eigenvalue weighted by Gasteiger charge is 2.42. The molecule has 1 aliphatic carbocycles. The molecule has 6 unspecified atom stereocenters. The third-order valence-electron chi connectivity index (χ3n) is 6.34. The molecule has 0 radical (unpaired) electrons. The molecule has 0 saturated carbocycles. The van der Waals surface area contributed by atoms with Gasteiger partial charge in [0.05, 0.1) is 24.0 Å². The number of esters is 2. The van der Waals surface area contributed by atoms with Gasteiger partial charge < -0.3 is 18.9 Å². The van der Waals surface area contributed by atoms with Gasteiger partial charge in [0.15, 0.2) is 0 Å². The van der Waals surface area contributed by atoms with Crippen molar-refractivity contribution in [3.8, 4) is 0 Å². The number of carbonyl (C=O) groups excluding carboxylic acids is 2. The zero-order chi connectivity index (χ0) is 21.3. The van der Waals surface area contributed by atoms with E-state index in [1.807, 2.05) is 6.08 Å². The maximum Gasteiger partial charge on any atom is 0.313 e. The fourth-order valence-electron chi connectivity index (χ4n) is 4.22. The summed E-state index contributed by atoms with van der Waals surface area (Å²) in [6.07, 6.45) is 14.7. The van der Waals surface area contributed by atoms with E-state index in [0.717, 1.165) is 32.1 Å². The summed E-state index contributed by atoms with van der Waals surface area (Å²) in [7, 11) is 0. The van der Waals surface area contributed by atoms with Gasteiger partial charge in [-0.15, -0.1) is 0 Å². The highest BCUT2D eigenvalue weighted by Crippen LogP contribution is 2.32. The van der Waals surface area contributed by atoms with Crippen LogP contribution in [0.4, 0.5) is 0 Å². The second-order valence-corrected chi connectivity index (χ2v) is 8.82. The molecule has 2 saturated heterocycles. The quantitative estimate of drug-likeness (QED) is 0.179. The smallest absolute Gasteiger partial charge is 0.313 e. The van der Waals surface area contributed by atoms with Crippen LogP contribution in [0.15, 0.2) is 12.2 Å². The average Bonchev–Trinajstić information content (AvgIpc) is 3.68. The third-order valence-corrected chi connectivity index (χ3v) is 6.34. The van der Waals surface area contributed by atoms with Crippen LogP contribution in [0.25, 0.3) is 0 Å². The molecule has 6 nitrogen and oxygen atoms in total. The summed E-state index contributed by atoms with van der Waals surface area (Å²) < 4.78 is 22.2. The number of unbranched alkanes of at least 4 members (excludes halogenated alkanes) is 4. The van der Waals surface area contributed by atoms with Crippen LogP contribution in [-0.2, 0) is 28.5 Å². The monoisotopic (exact) mass is 422 g/mol. The molecule has 3 aliphatic rings. The molecule has 30 heavy (non-hydrogen) atoms. The summed E-state index contributed by atoms with van der Waals surface area (Å²) in [6, 6.07) is 0. The zero-order valence-corrected chi connectivity index (χ0v) is 18.6. The van der Waals surface area contributed by atoms with Gasteiger partial charge in [-0.3, -0.25) is 9.59 Å². The van der Waals surface area contributed by atoms with Gasteiger partial charge in [0.25, 0.3) is 0 Å². The molecule has 2 aliphatic heterocycles. The highest BCUT2D eigenvalue weighted by molar-refractivity contribution is 5.84. The number of hydrogen-bond donors (Lipinski definition) is 0. The zero-order valence-electron chi connectivity index (χ0n) is 18.6. The first-order chi connectivity index (χ1) is 14.6. The molecule has 0 N–H and O–H groups in total. The first-order valence-electron chi connectivity index (χ1n) is 11.9. The summed E-state index contributed by atoms with van der Waals surface area (Å²) >= 11 is 0. The summed E-state index contributed by atoms with van der Waals surface area (Å²) in [5.74, 6) is -1.70. The molecule has 3 rings (SSSR count). The van der Waals surface area contributed by atoms with E-state index in [1.165, 1.54) is 25.7 Å². The number of rotatable bonds is 14. The van der Waals surface area contributed by atoms with Gasteiger partial charge >= 0.3 is 11.9 Å². The van der Waals surface area contributed by atoms with Crippen molar-refractivity contribution in [2.24, 2.45) is 11.8 Å². The number of allylic oxidation sites excluding steroid dienone is 1. The molecule has 2 heterocycles. The van der Waals surface area contributed by atoms with Crippen LogP contribution < -0.4 is 0 Å². The van der Waals surface area contributed by atoms with E-state index in [-0.39, 0.29) is 49.6 Å². The SMILES string of the molecule is CCCCCC1OC1COC(=O)C1C=CCCC1C(=O)OCC1OC1CCCCC. The van der Waals surface area contributed by atoms with Gasteiger partial charge in [0, 0.05) is 0 Å². The first-order valence-corrected chi connectivity index (χ1v) is 11.9. The lowest BCUT2D eigenvalue weighted by molar-refractivity contribution is -0.160. The summed E-state index contributed by atoms with van der Waals surface area (Å²) in [5.41, 5.74) is 0. The van der Waals surface area contributed by atoms with Gasteiger partial charge in [0.1, 0.15) is 25.4 Å². The van der Waals surface area contributed by atoms with Crippen molar-refractivity contribution in [2.75, 3.05) is 13.2 Å². The Morgan fingerprint density at radius 3 is 1.97 bits per heavy atom. The standard InChI is InChI=1S/C24H38O6/c1-3-5-7-13-19-21(29-19)15-27-23(25)17-11-9-10-12-18(17)24(26)28-16-22-20(30-22)14-8-6-4-2/h9,11,17-22H,3-8,10,12-16H2,1-2H3. The van der Waals surface area contributed by atoms with Gasteiger partial charge in [-0.2, -0.15) is 0 Å². The minimum atomic E-state index is -0.566. The van der Waals surface area contributed by atoms with E-state index in [9.17, 15) is 9.59 Å². The Hall–Kier alpha value is -1.40. The van der Waals surface area contributed by atoms with Crippen LogP contribution in [0, 0.1) is 11.8 Å². The number of hydrogen-bond acceptors (Lipinski definition) is 6. The van der Waals surface area contributed by atoms with E-state index in [4.69, 9.17) is 18.9 Å². The van der Waals surface area contributed by atoms with Crippen molar-refractivity contribution in [3.05, 3.63) is 12.2 Å². The predicted molar refractivity (Wildman–Crippen MR) is 113 cm³/mol. The van der Waals surface area contributed by atoms with Crippen molar-refractivity contribution in [1.82, 2.24) is 0 Å². The average molecular weight is 423 g/mol. The molecule has 0 aromatic carbocycles. The fourth-order valence-corrected chi connectivity index (χ4v) is 4.22. The molecule has 0 aromatic heterocycles. The highest BCUT2D eigenvalue weighted by atomic mass is 16.6. The van der Waals surface area contributed by atoms with E-state index in [0.29, 0.717) is 6.42 Å². The molecule has 6 atom stereocenters. The normalized spacial score (nSPS) is 31.9. The fraction of sp³-hybridized carbons (Fsp3) is 0.833. The minimum Gasteiger partial charge on any atom is -0.463 e. The molecule has 0 aromatic rings. The van der Waals surface area contributed by atoms with Crippen molar-refractivity contribution < 1.29 is 28.5 Å². The third kappa shape index (κ3) is 7.09. The number of epoxide rings is 2. The van der Waals surface area contributed by atoms with E-state index < -0.39 is 11.8 Å². The van der Waals surface area contributed by atoms with Crippen molar-refractivity contribution in [1.29, 1.82) is 0 Å². The number of carbonyl (C=O) groups is 2. The minimum absolute atomic E-state index is 0.0143. The molecule has 0 bridgehead atoms. The Labute approximate surface area is 180 Å². The Bertz CT molecular complexity index is 588. The maximum atomic E-state index is 12.6. The van der Waals surface area contributed by atoms with E-state index in [2.05, 4.69) is 13.8 Å². The van der Waals surface area contributed by atoms with Gasteiger partial charge in [0.2, 0.25) is 0 Å². The number of ether oxygens (including phenoxy) is 4. The molecule has 2 fully saturated rings. The van der Waals surface area contributed by atoms with Crippen LogP contribution in [-0.4, -0.2) is 49.6 Å². The Morgan fingerprint density at radius 2 is 1.40 bits per heavy atom. The molecule has 0 amide bonds. The maximum absolute atomic E-state index is 12.6. The van der Waals surface area contributed by atoms with Gasteiger partial charge in [-0.05, 0) is 25.7 Å². The molecular weight excluding hydrogens is 384 g/mol. The van der Waals surface area contributed by atoms with Crippen LogP contribution in [0.1, 0.15) is 78.1 Å². The second kappa shape index (κ2) is 11.8. The topological polar surface area (TPSA) is 77.7 Å². The predicted octanol–water partition coefficient (Wildman–Crippen LogP) is 4.35. The summed E-state index contributed by atoms with van der Waals surface area (Å²) in [4.78, 5) is 25.2. The lowest BCUT2D eigenvalue weighted by Gasteiger charge is -2.24. The van der Waals surface area contributed by atoms with Crippen LogP contribution in [0.5, 0.6) is 0 Å². The van der Waals surface area contributed by atoms with Crippen LogP contribution in [0.2, 0.25) is 0 Å². The van der Waals surface area contributed by atoms with E-state index >= 15 is 0 Å². The van der Waals surface area contributed by atoms with Gasteiger partial charge in [-0.1, -0.05) is 64.5 Å². The van der Waals surface area contributed by atoms with Gasteiger partial charge in [-0.25, -0.2) is 0 Å². The van der Waals surface area contributed by atoms with Crippen molar-refractivity contribution in [2.45, 2.75) is 102 Å². The van der Waals surface area contributed by atoms with Crippen LogP contribution >= 0.6 is 0 Å². The Balaban J connectivity index is 1.36.